The summed E-state index contributed by atoms with van der Waals surface area (Å²) >= 11 is 0. The molecule has 11 heteroatoms. The van der Waals surface area contributed by atoms with Gasteiger partial charge in [-0.3, -0.25) is 9.59 Å². The second kappa shape index (κ2) is 10.8. The number of phenols is 2. The molecule has 6 N–H and O–H groups in total. The van der Waals surface area contributed by atoms with Crippen molar-refractivity contribution in [1.82, 2.24) is 5.32 Å². The molecule has 0 radical (unpaired) electrons. The van der Waals surface area contributed by atoms with Gasteiger partial charge in [-0.25, -0.2) is 4.79 Å². The minimum atomic E-state index is -5.08. The number of carbonyl (C=O) groups is 3. The highest BCUT2D eigenvalue weighted by Crippen LogP contribution is 2.44. The Morgan fingerprint density at radius 2 is 1.45 bits per heavy atom. The molecule has 0 unspecified atom stereocenters. The topological polar surface area (TPSA) is 150 Å². The molecular weight excluding hydrogens is 445 g/mol. The van der Waals surface area contributed by atoms with Crippen LogP contribution in [0.2, 0.25) is 0 Å². The van der Waals surface area contributed by atoms with Crippen LogP contribution in [0.25, 0.3) is 0 Å². The van der Waals surface area contributed by atoms with E-state index in [-0.39, 0.29) is 35.0 Å². The van der Waals surface area contributed by atoms with Crippen molar-refractivity contribution < 1.29 is 42.9 Å². The predicted molar refractivity (Wildman–Crippen MR) is 111 cm³/mol. The van der Waals surface area contributed by atoms with Gasteiger partial charge in [-0.15, -0.1) is 0 Å². The number of fused-ring (bicyclic) bond motifs is 2. The maximum absolute atomic E-state index is 12.8. The van der Waals surface area contributed by atoms with Crippen LogP contribution in [0, 0.1) is 0 Å². The van der Waals surface area contributed by atoms with Crippen molar-refractivity contribution in [2.45, 2.75) is 31.4 Å². The number of ketones is 1. The van der Waals surface area contributed by atoms with Gasteiger partial charge >= 0.3 is 12.1 Å². The SMILES string of the molecule is NCCCCNC(=O)CC1c2cccc(O)c2C(=O)c2c(O)cccc21.O=C(O)C(F)(F)F. The van der Waals surface area contributed by atoms with Crippen LogP contribution in [-0.4, -0.2) is 52.2 Å². The van der Waals surface area contributed by atoms with Crippen LogP contribution in [0.3, 0.4) is 0 Å². The normalized spacial score (nSPS) is 12.8. The third-order valence-electron chi connectivity index (χ3n) is 4.94. The molecule has 178 valence electrons. The van der Waals surface area contributed by atoms with Crippen LogP contribution < -0.4 is 11.1 Å². The number of benzene rings is 2. The fraction of sp³-hybridized carbons (Fsp3) is 0.318. The van der Waals surface area contributed by atoms with Crippen molar-refractivity contribution in [1.29, 1.82) is 0 Å². The van der Waals surface area contributed by atoms with E-state index in [0.717, 1.165) is 12.8 Å². The monoisotopic (exact) mass is 468 g/mol. The number of aliphatic carboxylic acids is 1. The van der Waals surface area contributed by atoms with Gasteiger partial charge in [-0.1, -0.05) is 24.3 Å². The molecule has 33 heavy (non-hydrogen) atoms. The summed E-state index contributed by atoms with van der Waals surface area (Å²) in [5.41, 5.74) is 6.96. The Balaban J connectivity index is 0.000000479. The quantitative estimate of drug-likeness (QED) is 0.409. The van der Waals surface area contributed by atoms with E-state index in [4.69, 9.17) is 15.6 Å². The molecule has 0 saturated heterocycles. The van der Waals surface area contributed by atoms with Crippen LogP contribution in [0.4, 0.5) is 13.2 Å². The molecule has 1 amide bonds. The Labute approximate surface area is 186 Å². The van der Waals surface area contributed by atoms with E-state index >= 15 is 0 Å². The molecular formula is C22H23F3N2O6. The molecule has 0 aliphatic heterocycles. The molecule has 3 rings (SSSR count). The summed E-state index contributed by atoms with van der Waals surface area (Å²) in [4.78, 5) is 34.1. The van der Waals surface area contributed by atoms with E-state index < -0.39 is 23.8 Å². The van der Waals surface area contributed by atoms with Crippen molar-refractivity contribution >= 4 is 17.7 Å². The number of alkyl halides is 3. The van der Waals surface area contributed by atoms with Gasteiger partial charge in [-0.2, -0.15) is 13.2 Å². The largest absolute Gasteiger partial charge is 0.507 e. The van der Waals surface area contributed by atoms with Gasteiger partial charge < -0.3 is 26.4 Å². The molecule has 0 aromatic heterocycles. The molecule has 0 fully saturated rings. The van der Waals surface area contributed by atoms with Crippen LogP contribution >= 0.6 is 0 Å². The molecule has 0 atom stereocenters. The third kappa shape index (κ3) is 6.22. The first-order chi connectivity index (χ1) is 15.5. The van der Waals surface area contributed by atoms with Crippen LogP contribution in [0.15, 0.2) is 36.4 Å². The smallest absolute Gasteiger partial charge is 0.490 e. The Hall–Kier alpha value is -3.60. The maximum Gasteiger partial charge on any atom is 0.490 e. The number of hydrogen-bond donors (Lipinski definition) is 5. The van der Waals surface area contributed by atoms with Gasteiger partial charge in [0.25, 0.3) is 0 Å². The number of nitrogens with two attached hydrogens (primary N) is 1. The molecule has 0 saturated carbocycles. The van der Waals surface area contributed by atoms with Crippen molar-refractivity contribution in [3.05, 3.63) is 58.7 Å². The number of carboxylic acids is 1. The van der Waals surface area contributed by atoms with Gasteiger partial charge in [0.15, 0.2) is 0 Å². The number of carboxylic acid groups (broad SMARTS) is 1. The van der Waals surface area contributed by atoms with Crippen molar-refractivity contribution in [3.8, 4) is 11.5 Å². The third-order valence-corrected chi connectivity index (χ3v) is 4.94. The van der Waals surface area contributed by atoms with Crippen molar-refractivity contribution in [3.63, 3.8) is 0 Å². The van der Waals surface area contributed by atoms with E-state index in [1.165, 1.54) is 12.1 Å². The molecule has 0 bridgehead atoms. The summed E-state index contributed by atoms with van der Waals surface area (Å²) in [7, 11) is 0. The molecule has 2 aromatic carbocycles. The zero-order valence-electron chi connectivity index (χ0n) is 17.4. The first-order valence-electron chi connectivity index (χ1n) is 9.94. The van der Waals surface area contributed by atoms with Crippen LogP contribution in [0.5, 0.6) is 11.5 Å². The number of nitrogens with one attached hydrogen (secondary N) is 1. The van der Waals surface area contributed by atoms with Gasteiger partial charge in [0.2, 0.25) is 11.7 Å². The molecule has 0 spiro atoms. The predicted octanol–water partition coefficient (Wildman–Crippen LogP) is 2.65. The standard InChI is InChI=1S/C20H22N2O4.C2HF3O2/c21-9-1-2-10-22-17(25)11-14-12-5-3-7-15(23)18(12)20(26)19-13(14)6-4-8-16(19)24;3-2(4,5)1(6)7/h3-8,14,23-24H,1-2,9-11,21H2,(H,22,25);(H,6,7). The lowest BCUT2D eigenvalue weighted by molar-refractivity contribution is -0.192. The Bertz CT molecular complexity index is 984. The number of carbonyl (C=O) groups excluding carboxylic acids is 2. The lowest BCUT2D eigenvalue weighted by Gasteiger charge is -2.28. The highest BCUT2D eigenvalue weighted by molar-refractivity contribution is 6.16. The zero-order chi connectivity index (χ0) is 24.8. The summed E-state index contributed by atoms with van der Waals surface area (Å²) in [6.07, 6.45) is -3.31. The summed E-state index contributed by atoms with van der Waals surface area (Å²) in [5, 5.41) is 30.3. The molecule has 1 aliphatic carbocycles. The number of aromatic hydroxyl groups is 2. The lowest BCUT2D eigenvalue weighted by atomic mass is 9.75. The second-order valence-corrected chi connectivity index (χ2v) is 7.22. The summed E-state index contributed by atoms with van der Waals surface area (Å²) < 4.78 is 31.7. The molecule has 0 heterocycles. The average Bonchev–Trinajstić information content (AvgIpc) is 2.73. The van der Waals surface area contributed by atoms with E-state index in [9.17, 15) is 33.0 Å². The number of unbranched alkanes of at least 4 members (excludes halogenated alkanes) is 1. The van der Waals surface area contributed by atoms with Crippen molar-refractivity contribution in [2.24, 2.45) is 5.73 Å². The van der Waals surface area contributed by atoms with Crippen molar-refractivity contribution in [2.75, 3.05) is 13.1 Å². The Morgan fingerprint density at radius 3 is 1.88 bits per heavy atom. The number of phenolic OH excluding ortho intramolecular Hbond substituents is 2. The summed E-state index contributed by atoms with van der Waals surface area (Å²) in [6, 6.07) is 9.67. The second-order valence-electron chi connectivity index (χ2n) is 7.22. The highest BCUT2D eigenvalue weighted by Gasteiger charge is 2.38. The number of rotatable bonds is 6. The average molecular weight is 468 g/mol. The van der Waals surface area contributed by atoms with Gasteiger partial charge in [0, 0.05) is 18.9 Å². The van der Waals surface area contributed by atoms with Gasteiger partial charge in [-0.05, 0) is 42.6 Å². The Morgan fingerprint density at radius 1 is 0.970 bits per heavy atom. The molecule has 2 aromatic rings. The van der Waals surface area contributed by atoms with E-state index in [2.05, 4.69) is 5.32 Å². The fourth-order valence-electron chi connectivity index (χ4n) is 3.46. The van der Waals surface area contributed by atoms with Gasteiger partial charge in [0.1, 0.15) is 11.5 Å². The maximum atomic E-state index is 12.8. The number of halogens is 3. The van der Waals surface area contributed by atoms with E-state index in [0.29, 0.717) is 24.2 Å². The Kier molecular flexibility index (Phi) is 8.41. The highest BCUT2D eigenvalue weighted by atomic mass is 19.4. The molecule has 1 aliphatic rings. The van der Waals surface area contributed by atoms with Gasteiger partial charge in [0.05, 0.1) is 11.1 Å². The summed E-state index contributed by atoms with van der Waals surface area (Å²) in [5.74, 6) is -4.03. The van der Waals surface area contributed by atoms with E-state index in [1.807, 2.05) is 0 Å². The summed E-state index contributed by atoms with van der Waals surface area (Å²) in [6.45, 7) is 1.13. The molecule has 8 nitrogen and oxygen atoms in total. The number of amides is 1. The van der Waals surface area contributed by atoms with E-state index in [1.54, 1.807) is 24.3 Å². The van der Waals surface area contributed by atoms with Crippen LogP contribution in [0.1, 0.15) is 52.2 Å². The number of hydrogen-bond acceptors (Lipinski definition) is 6. The minimum Gasteiger partial charge on any atom is -0.507 e. The zero-order valence-corrected chi connectivity index (χ0v) is 17.4. The minimum absolute atomic E-state index is 0.128. The van der Waals surface area contributed by atoms with Crippen LogP contribution in [-0.2, 0) is 9.59 Å². The first-order valence-corrected chi connectivity index (χ1v) is 9.94. The lowest BCUT2D eigenvalue weighted by Crippen LogP contribution is -2.29. The first kappa shape index (κ1) is 25.7. The fourth-order valence-corrected chi connectivity index (χ4v) is 3.46.